The van der Waals surface area contributed by atoms with E-state index in [-0.39, 0.29) is 6.09 Å². The summed E-state index contributed by atoms with van der Waals surface area (Å²) in [6, 6.07) is 19.1. The van der Waals surface area contributed by atoms with Crippen molar-refractivity contribution in [2.24, 2.45) is 0 Å². The lowest BCUT2D eigenvalue weighted by atomic mass is 9.96. The molecule has 1 aromatic heterocycles. The number of anilines is 1. The Bertz CT molecular complexity index is 1090. The third-order valence-electron chi connectivity index (χ3n) is 5.20. The van der Waals surface area contributed by atoms with E-state index in [0.29, 0.717) is 6.54 Å². The highest BCUT2D eigenvalue weighted by Crippen LogP contribution is 2.42. The average molecular weight is 416 g/mol. The zero-order chi connectivity index (χ0) is 21.8. The first-order valence-corrected chi connectivity index (χ1v) is 10.8. The second kappa shape index (κ2) is 8.80. The Morgan fingerprint density at radius 2 is 1.87 bits per heavy atom. The van der Waals surface area contributed by atoms with Crippen LogP contribution in [0.25, 0.3) is 22.3 Å². The number of nitrogens with zero attached hydrogens (tertiary/aromatic N) is 1. The molecule has 0 saturated heterocycles. The third-order valence-corrected chi connectivity index (χ3v) is 5.20. The molecule has 1 heterocycles. The number of hydrogen-bond donors (Lipinski definition) is 2. The smallest absolute Gasteiger partial charge is 0.407 e. The Labute approximate surface area is 183 Å². The molecule has 0 spiro atoms. The fourth-order valence-electron chi connectivity index (χ4n) is 3.90. The number of nitrogens with one attached hydrogen (secondary N) is 2. The number of ether oxygens (including phenoxy) is 1. The van der Waals surface area contributed by atoms with Gasteiger partial charge in [-0.1, -0.05) is 36.4 Å². The molecular formula is C26H29N3O2. The molecule has 31 heavy (non-hydrogen) atoms. The molecule has 1 aliphatic carbocycles. The highest BCUT2D eigenvalue weighted by atomic mass is 16.6. The van der Waals surface area contributed by atoms with Gasteiger partial charge in [0, 0.05) is 37.0 Å². The summed E-state index contributed by atoms with van der Waals surface area (Å²) in [4.78, 5) is 16.3. The van der Waals surface area contributed by atoms with E-state index >= 15 is 0 Å². The van der Waals surface area contributed by atoms with Crippen LogP contribution in [0.15, 0.2) is 60.8 Å². The molecule has 0 unspecified atom stereocenters. The van der Waals surface area contributed by atoms with E-state index in [9.17, 15) is 4.79 Å². The number of carbonyl (C=O) groups is 1. The van der Waals surface area contributed by atoms with Crippen LogP contribution in [0.1, 0.15) is 38.4 Å². The number of benzene rings is 2. The zero-order valence-electron chi connectivity index (χ0n) is 18.4. The SMILES string of the molecule is CC(C)(C)OC(=O)NCCCNc1cccc(-c2ccnc3c2-c2ccccc2C3)c1. The Morgan fingerprint density at radius 1 is 1.03 bits per heavy atom. The van der Waals surface area contributed by atoms with Crippen LogP contribution in [0.3, 0.4) is 0 Å². The zero-order valence-corrected chi connectivity index (χ0v) is 18.4. The summed E-state index contributed by atoms with van der Waals surface area (Å²) >= 11 is 0. The van der Waals surface area contributed by atoms with Crippen molar-refractivity contribution in [2.45, 2.75) is 39.2 Å². The van der Waals surface area contributed by atoms with Crippen molar-refractivity contribution < 1.29 is 9.53 Å². The van der Waals surface area contributed by atoms with Gasteiger partial charge in [-0.25, -0.2) is 4.79 Å². The number of aromatic nitrogens is 1. The first-order valence-electron chi connectivity index (χ1n) is 10.8. The van der Waals surface area contributed by atoms with Crippen LogP contribution in [-0.2, 0) is 11.2 Å². The van der Waals surface area contributed by atoms with Crippen molar-refractivity contribution in [1.82, 2.24) is 10.3 Å². The standard InChI is InChI=1S/C26H29N3O2/c1-26(2,3)31-25(30)29-14-7-13-27-20-10-6-9-18(16-20)22-12-15-28-23-17-19-8-4-5-11-21(19)24(22)23/h4-6,8-12,15-16,27H,7,13-14,17H2,1-3H3,(H,29,30). The minimum absolute atomic E-state index is 0.374. The largest absolute Gasteiger partial charge is 0.444 e. The molecule has 0 saturated carbocycles. The van der Waals surface area contributed by atoms with E-state index in [1.165, 1.54) is 27.8 Å². The summed E-state index contributed by atoms with van der Waals surface area (Å²) in [7, 11) is 0. The fourth-order valence-corrected chi connectivity index (χ4v) is 3.90. The quantitative estimate of drug-likeness (QED) is 0.400. The van der Waals surface area contributed by atoms with Crippen molar-refractivity contribution in [3.05, 3.63) is 72.1 Å². The number of fused-ring (bicyclic) bond motifs is 3. The second-order valence-electron chi connectivity index (χ2n) is 8.80. The van der Waals surface area contributed by atoms with E-state index in [2.05, 4.69) is 70.2 Å². The number of carbonyl (C=O) groups excluding carboxylic acids is 1. The van der Waals surface area contributed by atoms with Crippen molar-refractivity contribution in [1.29, 1.82) is 0 Å². The van der Waals surface area contributed by atoms with Gasteiger partial charge in [-0.05, 0) is 67.6 Å². The van der Waals surface area contributed by atoms with E-state index < -0.39 is 5.60 Å². The molecule has 0 radical (unpaired) electrons. The highest BCUT2D eigenvalue weighted by Gasteiger charge is 2.22. The van der Waals surface area contributed by atoms with Crippen LogP contribution in [0.2, 0.25) is 0 Å². The van der Waals surface area contributed by atoms with Gasteiger partial charge < -0.3 is 15.4 Å². The van der Waals surface area contributed by atoms with E-state index in [1.54, 1.807) is 0 Å². The van der Waals surface area contributed by atoms with E-state index in [4.69, 9.17) is 4.74 Å². The Balaban J connectivity index is 1.40. The van der Waals surface area contributed by atoms with Crippen LogP contribution in [-0.4, -0.2) is 29.8 Å². The molecule has 0 aliphatic heterocycles. The Kier molecular flexibility index (Phi) is 5.94. The van der Waals surface area contributed by atoms with Crippen molar-refractivity contribution in [3.8, 4) is 22.3 Å². The van der Waals surface area contributed by atoms with Crippen LogP contribution >= 0.6 is 0 Å². The number of hydrogen-bond acceptors (Lipinski definition) is 4. The first kappa shape index (κ1) is 20.9. The molecular weight excluding hydrogens is 386 g/mol. The van der Waals surface area contributed by atoms with Gasteiger partial charge in [0.15, 0.2) is 0 Å². The lowest BCUT2D eigenvalue weighted by Gasteiger charge is -2.19. The molecule has 0 atom stereocenters. The van der Waals surface area contributed by atoms with Crippen molar-refractivity contribution >= 4 is 11.8 Å². The fraction of sp³-hybridized carbons (Fsp3) is 0.308. The van der Waals surface area contributed by atoms with Crippen molar-refractivity contribution in [3.63, 3.8) is 0 Å². The van der Waals surface area contributed by atoms with Crippen LogP contribution in [0.5, 0.6) is 0 Å². The summed E-state index contributed by atoms with van der Waals surface area (Å²) in [5.74, 6) is 0. The monoisotopic (exact) mass is 415 g/mol. The Morgan fingerprint density at radius 3 is 2.71 bits per heavy atom. The normalized spacial score (nSPS) is 12.1. The van der Waals surface area contributed by atoms with Gasteiger partial charge in [0.05, 0.1) is 5.69 Å². The maximum absolute atomic E-state index is 11.7. The lowest BCUT2D eigenvalue weighted by molar-refractivity contribution is 0.0528. The van der Waals surface area contributed by atoms with Gasteiger partial charge >= 0.3 is 6.09 Å². The van der Waals surface area contributed by atoms with Gasteiger partial charge in [-0.3, -0.25) is 4.98 Å². The molecule has 5 heteroatoms. The van der Waals surface area contributed by atoms with Crippen LogP contribution in [0, 0.1) is 0 Å². The predicted molar refractivity (Wildman–Crippen MR) is 125 cm³/mol. The van der Waals surface area contributed by atoms with Gasteiger partial charge in [0.25, 0.3) is 0 Å². The average Bonchev–Trinajstić information content (AvgIpc) is 3.11. The van der Waals surface area contributed by atoms with Gasteiger partial charge in [0.1, 0.15) is 5.60 Å². The number of amides is 1. The van der Waals surface area contributed by atoms with E-state index in [1.807, 2.05) is 27.0 Å². The van der Waals surface area contributed by atoms with Crippen molar-refractivity contribution in [2.75, 3.05) is 18.4 Å². The number of rotatable bonds is 6. The van der Waals surface area contributed by atoms with Crippen LogP contribution in [0.4, 0.5) is 10.5 Å². The van der Waals surface area contributed by atoms with Gasteiger partial charge in [-0.2, -0.15) is 0 Å². The maximum atomic E-state index is 11.7. The number of pyridine rings is 1. The third kappa shape index (κ3) is 5.05. The first-order chi connectivity index (χ1) is 14.9. The topological polar surface area (TPSA) is 63.2 Å². The summed E-state index contributed by atoms with van der Waals surface area (Å²) in [5, 5.41) is 6.25. The summed E-state index contributed by atoms with van der Waals surface area (Å²) in [6.45, 7) is 6.90. The molecule has 3 aromatic rings. The lowest BCUT2D eigenvalue weighted by Crippen LogP contribution is -2.33. The van der Waals surface area contributed by atoms with Gasteiger partial charge in [-0.15, -0.1) is 0 Å². The molecule has 1 aliphatic rings. The van der Waals surface area contributed by atoms with Crippen LogP contribution < -0.4 is 10.6 Å². The number of alkyl carbamates (subject to hydrolysis) is 1. The van der Waals surface area contributed by atoms with E-state index in [0.717, 1.165) is 30.8 Å². The molecule has 0 bridgehead atoms. The summed E-state index contributed by atoms with van der Waals surface area (Å²) < 4.78 is 5.25. The molecule has 160 valence electrons. The maximum Gasteiger partial charge on any atom is 0.407 e. The second-order valence-corrected chi connectivity index (χ2v) is 8.80. The molecule has 4 rings (SSSR count). The highest BCUT2D eigenvalue weighted by molar-refractivity contribution is 5.89. The summed E-state index contributed by atoms with van der Waals surface area (Å²) in [6.07, 6.45) is 3.23. The molecule has 1 amide bonds. The summed E-state index contributed by atoms with van der Waals surface area (Å²) in [5.41, 5.74) is 7.98. The predicted octanol–water partition coefficient (Wildman–Crippen LogP) is 5.65. The Hall–Kier alpha value is -3.34. The molecule has 2 aromatic carbocycles. The molecule has 5 nitrogen and oxygen atoms in total. The minimum Gasteiger partial charge on any atom is -0.444 e. The molecule has 0 fully saturated rings. The molecule has 2 N–H and O–H groups in total. The van der Waals surface area contributed by atoms with Gasteiger partial charge in [0.2, 0.25) is 0 Å². The minimum atomic E-state index is -0.476.